The molecule has 36 heavy (non-hydrogen) atoms. The predicted octanol–water partition coefficient (Wildman–Crippen LogP) is 5.44. The minimum atomic E-state index is -0.896. The number of anilines is 1. The van der Waals surface area contributed by atoms with Gasteiger partial charge in [0.25, 0.3) is 0 Å². The third-order valence-corrected chi connectivity index (χ3v) is 7.23. The lowest BCUT2D eigenvalue weighted by atomic mass is 9.76. The maximum absolute atomic E-state index is 14.1. The topological polar surface area (TPSA) is 70.7 Å². The molecule has 0 radical (unpaired) electrons. The number of aryl methyl sites for hydroxylation is 1. The zero-order valence-corrected chi connectivity index (χ0v) is 21.3. The second-order valence-electron chi connectivity index (χ2n) is 10.4. The van der Waals surface area contributed by atoms with Crippen LogP contribution < -0.4 is 4.90 Å². The van der Waals surface area contributed by atoms with E-state index in [9.17, 15) is 14.3 Å². The number of hydrogen-bond acceptors (Lipinski definition) is 5. The van der Waals surface area contributed by atoms with Crippen molar-refractivity contribution in [1.82, 2.24) is 14.6 Å². The summed E-state index contributed by atoms with van der Waals surface area (Å²) in [5.74, 6) is 0.511. The average Bonchev–Trinajstić information content (AvgIpc) is 3.25. The van der Waals surface area contributed by atoms with E-state index in [1.54, 1.807) is 30.5 Å². The molecule has 5 rings (SSSR count). The van der Waals surface area contributed by atoms with E-state index >= 15 is 0 Å². The third-order valence-electron chi connectivity index (χ3n) is 7.00. The minimum Gasteiger partial charge on any atom is -0.386 e. The summed E-state index contributed by atoms with van der Waals surface area (Å²) in [6, 6.07) is 14.4. The molecule has 0 atom stereocenters. The summed E-state index contributed by atoms with van der Waals surface area (Å²) < 4.78 is 15.9. The minimum absolute atomic E-state index is 0.112. The van der Waals surface area contributed by atoms with Crippen LogP contribution in [0.2, 0.25) is 5.02 Å². The maximum Gasteiger partial charge on any atom is 0.156 e. The van der Waals surface area contributed by atoms with Crippen LogP contribution in [0.3, 0.4) is 0 Å². The summed E-state index contributed by atoms with van der Waals surface area (Å²) in [6.07, 6.45) is 4.09. The zero-order chi connectivity index (χ0) is 25.7. The second kappa shape index (κ2) is 8.98. The Labute approximate surface area is 214 Å². The molecular formula is C28H28ClFN4O2. The van der Waals surface area contributed by atoms with Crippen molar-refractivity contribution in [2.24, 2.45) is 5.41 Å². The Morgan fingerprint density at radius 3 is 2.53 bits per heavy atom. The first-order valence-electron chi connectivity index (χ1n) is 11.9. The molecule has 0 amide bonds. The number of aliphatic hydroxyl groups is 1. The Kier molecular flexibility index (Phi) is 6.09. The normalized spacial score (nSPS) is 15.2. The van der Waals surface area contributed by atoms with E-state index in [4.69, 9.17) is 11.6 Å². The number of Topliss-reactive ketones (excluding diaryl/α,β-unsaturated/α-hetero) is 1. The van der Waals surface area contributed by atoms with Crippen molar-refractivity contribution in [1.29, 1.82) is 0 Å². The number of rotatable bonds is 7. The lowest BCUT2D eigenvalue weighted by Crippen LogP contribution is -2.59. The van der Waals surface area contributed by atoms with Gasteiger partial charge in [-0.1, -0.05) is 41.9 Å². The van der Waals surface area contributed by atoms with E-state index in [0.717, 1.165) is 28.0 Å². The lowest BCUT2D eigenvalue weighted by molar-refractivity contribution is -0.129. The molecule has 1 N–H and O–H groups in total. The lowest BCUT2D eigenvalue weighted by Gasteiger charge is -2.47. The Morgan fingerprint density at radius 1 is 1.14 bits per heavy atom. The molecular weight excluding hydrogens is 479 g/mol. The number of fused-ring (bicyclic) bond motifs is 1. The van der Waals surface area contributed by atoms with E-state index in [1.807, 2.05) is 43.5 Å². The molecule has 1 aliphatic heterocycles. The highest BCUT2D eigenvalue weighted by molar-refractivity contribution is 6.30. The van der Waals surface area contributed by atoms with E-state index < -0.39 is 11.0 Å². The fourth-order valence-corrected chi connectivity index (χ4v) is 4.94. The summed E-state index contributed by atoms with van der Waals surface area (Å²) in [6.45, 7) is 6.57. The maximum atomic E-state index is 14.1. The summed E-state index contributed by atoms with van der Waals surface area (Å²) in [7, 11) is 0. The number of benzene rings is 2. The molecule has 0 aliphatic carbocycles. The molecule has 4 aromatic rings. The molecule has 3 heterocycles. The van der Waals surface area contributed by atoms with Gasteiger partial charge in [0.05, 0.1) is 11.0 Å². The van der Waals surface area contributed by atoms with Crippen LogP contribution in [0.25, 0.3) is 16.6 Å². The molecule has 0 unspecified atom stereocenters. The molecule has 1 fully saturated rings. The van der Waals surface area contributed by atoms with Gasteiger partial charge in [0, 0.05) is 36.3 Å². The molecule has 2 aromatic heterocycles. The summed E-state index contributed by atoms with van der Waals surface area (Å²) in [5, 5.41) is 14.9. The van der Waals surface area contributed by atoms with Gasteiger partial charge in [-0.05, 0) is 62.1 Å². The van der Waals surface area contributed by atoms with Gasteiger partial charge in [0.2, 0.25) is 0 Å². The highest BCUT2D eigenvalue weighted by Crippen LogP contribution is 2.38. The Hall–Kier alpha value is -3.29. The molecule has 2 aromatic carbocycles. The molecule has 0 bridgehead atoms. The first-order valence-corrected chi connectivity index (χ1v) is 12.3. The number of halogens is 2. The number of carbonyl (C=O) groups is 1. The van der Waals surface area contributed by atoms with Crippen molar-refractivity contribution < 1.29 is 14.3 Å². The van der Waals surface area contributed by atoms with Crippen LogP contribution in [-0.2, 0) is 16.8 Å². The van der Waals surface area contributed by atoms with Gasteiger partial charge in [-0.3, -0.25) is 4.79 Å². The Bertz CT molecular complexity index is 1440. The van der Waals surface area contributed by atoms with Crippen molar-refractivity contribution in [2.75, 3.05) is 18.0 Å². The van der Waals surface area contributed by atoms with Crippen molar-refractivity contribution in [3.8, 4) is 11.1 Å². The second-order valence-corrected chi connectivity index (χ2v) is 10.8. The van der Waals surface area contributed by atoms with Gasteiger partial charge in [-0.15, -0.1) is 0 Å². The molecule has 8 heteroatoms. The van der Waals surface area contributed by atoms with E-state index in [0.29, 0.717) is 30.1 Å². The van der Waals surface area contributed by atoms with Gasteiger partial charge >= 0.3 is 0 Å². The fourth-order valence-electron chi connectivity index (χ4n) is 4.79. The van der Waals surface area contributed by atoms with Gasteiger partial charge < -0.3 is 10.0 Å². The van der Waals surface area contributed by atoms with Gasteiger partial charge in [-0.25, -0.2) is 13.9 Å². The van der Waals surface area contributed by atoms with Gasteiger partial charge in [-0.2, -0.15) is 5.10 Å². The van der Waals surface area contributed by atoms with Crippen LogP contribution >= 0.6 is 11.6 Å². The summed E-state index contributed by atoms with van der Waals surface area (Å²) in [4.78, 5) is 19.6. The predicted molar refractivity (Wildman–Crippen MR) is 139 cm³/mol. The van der Waals surface area contributed by atoms with Crippen LogP contribution in [0.1, 0.15) is 38.3 Å². The van der Waals surface area contributed by atoms with Crippen LogP contribution in [0, 0.1) is 11.2 Å². The molecule has 0 saturated carbocycles. The van der Waals surface area contributed by atoms with Crippen molar-refractivity contribution >= 4 is 28.7 Å². The molecule has 0 spiro atoms. The average molecular weight is 507 g/mol. The number of ketones is 1. The molecule has 6 nitrogen and oxygen atoms in total. The van der Waals surface area contributed by atoms with Crippen molar-refractivity contribution in [2.45, 2.75) is 39.2 Å². The first kappa shape index (κ1) is 24.4. The number of nitrogens with zero attached hydrogens (tertiary/aromatic N) is 4. The number of carbonyl (C=O) groups excluding carboxylic acids is 1. The standard InChI is InChI=1S/C28H28ClFN4O2/c1-27(2,36)21-8-4-18(5-9-21)20-12-24-26(31-17-32-34(24)14-20)33-15-28(3,16-33)25(35)11-7-19-6-10-22(29)13-23(19)30/h4-6,8-10,12-14,17,36H,7,11,15-16H2,1-3H3. The molecule has 1 aliphatic rings. The van der Waals surface area contributed by atoms with Crippen LogP contribution in [0.15, 0.2) is 61.1 Å². The third kappa shape index (κ3) is 4.61. The number of hydrogen-bond donors (Lipinski definition) is 1. The SMILES string of the molecule is CC1(C(=O)CCc2ccc(Cl)cc2F)CN(c2ncnn3cc(-c4ccc(C(C)(C)O)cc4)cc23)C1. The van der Waals surface area contributed by atoms with Gasteiger partial charge in [0.15, 0.2) is 5.82 Å². The van der Waals surface area contributed by atoms with Crippen LogP contribution in [-0.4, -0.2) is 38.6 Å². The largest absolute Gasteiger partial charge is 0.386 e. The van der Waals surface area contributed by atoms with Crippen LogP contribution in [0.4, 0.5) is 10.2 Å². The first-order chi connectivity index (χ1) is 17.0. The monoisotopic (exact) mass is 506 g/mol. The highest BCUT2D eigenvalue weighted by atomic mass is 35.5. The number of aromatic nitrogens is 3. The summed E-state index contributed by atoms with van der Waals surface area (Å²) in [5.41, 5.74) is 2.80. The Morgan fingerprint density at radius 2 is 1.86 bits per heavy atom. The zero-order valence-electron chi connectivity index (χ0n) is 20.5. The van der Waals surface area contributed by atoms with Crippen molar-refractivity contribution in [3.63, 3.8) is 0 Å². The van der Waals surface area contributed by atoms with E-state index in [1.165, 1.54) is 12.4 Å². The Balaban J connectivity index is 1.30. The smallest absolute Gasteiger partial charge is 0.156 e. The quantitative estimate of drug-likeness (QED) is 0.361. The summed E-state index contributed by atoms with van der Waals surface area (Å²) >= 11 is 5.82. The highest BCUT2D eigenvalue weighted by Gasteiger charge is 2.45. The van der Waals surface area contributed by atoms with Crippen molar-refractivity contribution in [3.05, 3.63) is 83.0 Å². The van der Waals surface area contributed by atoms with E-state index in [-0.39, 0.29) is 18.0 Å². The fraction of sp³-hybridized carbons (Fsp3) is 0.321. The molecule has 186 valence electrons. The molecule has 1 saturated heterocycles. The van der Waals surface area contributed by atoms with E-state index in [2.05, 4.69) is 15.0 Å². The van der Waals surface area contributed by atoms with Gasteiger partial charge in [0.1, 0.15) is 23.4 Å². The van der Waals surface area contributed by atoms with Crippen LogP contribution in [0.5, 0.6) is 0 Å².